The zero-order valence-electron chi connectivity index (χ0n) is 14.3. The Labute approximate surface area is 159 Å². The molecule has 25 heavy (non-hydrogen) atoms. The average molecular weight is 386 g/mol. The van der Waals surface area contributed by atoms with Crippen LogP contribution in [0.25, 0.3) is 22.8 Å². The van der Waals surface area contributed by atoms with Crippen molar-refractivity contribution in [1.82, 2.24) is 15.0 Å². The van der Waals surface area contributed by atoms with Crippen molar-refractivity contribution in [2.75, 3.05) is 0 Å². The molecule has 0 saturated heterocycles. The molecule has 3 aromatic rings. The van der Waals surface area contributed by atoms with Crippen molar-refractivity contribution in [1.29, 1.82) is 0 Å². The van der Waals surface area contributed by atoms with Crippen LogP contribution in [0.3, 0.4) is 0 Å². The van der Waals surface area contributed by atoms with Crippen molar-refractivity contribution in [2.45, 2.75) is 20.3 Å². The van der Waals surface area contributed by atoms with Gasteiger partial charge in [0.15, 0.2) is 0 Å². The Hall–Kier alpha value is -2.46. The van der Waals surface area contributed by atoms with Gasteiger partial charge in [0, 0.05) is 43.3 Å². The van der Waals surface area contributed by atoms with Gasteiger partial charge in [-0.25, -0.2) is 0 Å². The van der Waals surface area contributed by atoms with Crippen molar-refractivity contribution in [3.05, 3.63) is 60.9 Å². The molecule has 6 heteroatoms. The predicted octanol–water partition coefficient (Wildman–Crippen LogP) is 3.32. The smallest absolute Gasteiger partial charge is 0.137 e. The minimum Gasteiger partial charge on any atom is -0.654 e. The van der Waals surface area contributed by atoms with Crippen molar-refractivity contribution < 1.29 is 29.1 Å². The summed E-state index contributed by atoms with van der Waals surface area (Å²) in [5.74, 6) is -0.125. The van der Waals surface area contributed by atoms with Crippen LogP contribution in [0.4, 0.5) is 0 Å². The zero-order valence-corrected chi connectivity index (χ0v) is 17.3. The third-order valence-electron chi connectivity index (χ3n) is 2.99. The van der Waals surface area contributed by atoms with Crippen molar-refractivity contribution in [3.8, 4) is 22.8 Å². The van der Waals surface area contributed by atoms with E-state index in [-0.39, 0.29) is 37.5 Å². The molecule has 0 atom stereocenters. The molecule has 0 aliphatic carbocycles. The molecule has 3 aromatic heterocycles. The number of hydrogen-bond donors (Lipinski definition) is 0. The maximum Gasteiger partial charge on any atom is 0.137 e. The Morgan fingerprint density at radius 1 is 0.800 bits per heavy atom. The second kappa shape index (κ2) is 10.4. The molecule has 0 aromatic carbocycles. The summed E-state index contributed by atoms with van der Waals surface area (Å²) in [5, 5.41) is 0. The van der Waals surface area contributed by atoms with Crippen molar-refractivity contribution in [3.63, 3.8) is 0 Å². The van der Waals surface area contributed by atoms with Crippen LogP contribution in [0.2, 0.25) is 0 Å². The van der Waals surface area contributed by atoms with Gasteiger partial charge in [0.2, 0.25) is 0 Å². The van der Waals surface area contributed by atoms with Gasteiger partial charge in [-0.1, -0.05) is 24.3 Å². The molecule has 0 radical (unpaired) electrons. The third-order valence-corrected chi connectivity index (χ3v) is 2.99. The molecule has 0 saturated carbocycles. The van der Waals surface area contributed by atoms with E-state index in [9.17, 15) is 9.59 Å². The molecular formula is C19H18N3O2Zn-. The first-order valence-corrected chi connectivity index (χ1v) is 7.51. The molecule has 0 N–H and O–H groups in total. The van der Waals surface area contributed by atoms with Crippen LogP contribution >= 0.6 is 0 Å². The van der Waals surface area contributed by atoms with Gasteiger partial charge in [-0.05, 0) is 38.1 Å². The molecule has 124 valence electrons. The minimum atomic E-state index is -0.0625. The summed E-state index contributed by atoms with van der Waals surface area (Å²) in [5.41, 5.74) is 3.53. The van der Waals surface area contributed by atoms with Gasteiger partial charge in [0.1, 0.15) is 11.6 Å². The summed E-state index contributed by atoms with van der Waals surface area (Å²) in [4.78, 5) is 33.1. The van der Waals surface area contributed by atoms with Gasteiger partial charge in [-0.3, -0.25) is 19.6 Å². The average Bonchev–Trinajstić information content (AvgIpc) is 3.06. The van der Waals surface area contributed by atoms with E-state index in [1.54, 1.807) is 12.4 Å². The number of aromatic nitrogens is 3. The fourth-order valence-corrected chi connectivity index (χ4v) is 2.03. The van der Waals surface area contributed by atoms with E-state index in [0.29, 0.717) is 0 Å². The Kier molecular flexibility index (Phi) is 8.58. The number of Topliss-reactive ketones (excluding diaryl/α,β-unsaturated/α-hetero) is 2. The van der Waals surface area contributed by atoms with E-state index >= 15 is 0 Å². The van der Waals surface area contributed by atoms with Gasteiger partial charge in [-0.2, -0.15) is 0 Å². The first-order chi connectivity index (χ1) is 11.6. The van der Waals surface area contributed by atoms with E-state index < -0.39 is 0 Å². The topological polar surface area (TPSA) is 74.0 Å². The summed E-state index contributed by atoms with van der Waals surface area (Å²) in [6.45, 7) is 2.81. The normalized spacial score (nSPS) is 9.36. The fourth-order valence-electron chi connectivity index (χ4n) is 2.03. The Bertz CT molecular complexity index is 736. The molecule has 3 rings (SSSR count). The molecule has 5 nitrogen and oxygen atoms in total. The molecule has 3 heterocycles. The summed E-state index contributed by atoms with van der Waals surface area (Å²) < 4.78 is 0. The van der Waals surface area contributed by atoms with Crippen molar-refractivity contribution >= 4 is 11.6 Å². The summed E-state index contributed by atoms with van der Waals surface area (Å²) in [6.07, 6.45) is 3.62. The Morgan fingerprint density at radius 3 is 1.52 bits per heavy atom. The number of nitrogens with zero attached hydrogens (tertiary/aromatic N) is 3. The molecular weight excluding hydrogens is 368 g/mol. The molecule has 0 aliphatic rings. The van der Waals surface area contributed by atoms with E-state index in [0.717, 1.165) is 22.8 Å². The monoisotopic (exact) mass is 384 g/mol. The maximum atomic E-state index is 10.0. The maximum absolute atomic E-state index is 10.0. The predicted molar refractivity (Wildman–Crippen MR) is 92.2 cm³/mol. The summed E-state index contributed by atoms with van der Waals surface area (Å²) >= 11 is 0. The third kappa shape index (κ3) is 6.90. The summed E-state index contributed by atoms with van der Waals surface area (Å²) in [6, 6.07) is 15.5. The minimum absolute atomic E-state index is 0. The second-order valence-electron chi connectivity index (χ2n) is 5.23. The molecule has 0 fully saturated rings. The van der Waals surface area contributed by atoms with Crippen molar-refractivity contribution in [2.24, 2.45) is 0 Å². The molecule has 0 amide bonds. The molecule has 0 aliphatic heterocycles. The number of pyridine rings is 2. The second-order valence-corrected chi connectivity index (χ2v) is 5.23. The van der Waals surface area contributed by atoms with Gasteiger partial charge in [-0.15, -0.1) is 11.4 Å². The first-order valence-electron chi connectivity index (χ1n) is 7.51. The van der Waals surface area contributed by atoms with E-state index in [2.05, 4.69) is 15.0 Å². The number of ketones is 2. The van der Waals surface area contributed by atoms with Crippen LogP contribution in [0.15, 0.2) is 60.9 Å². The molecule has 0 spiro atoms. The zero-order chi connectivity index (χ0) is 17.4. The van der Waals surface area contributed by atoms with Gasteiger partial charge < -0.3 is 4.98 Å². The summed E-state index contributed by atoms with van der Waals surface area (Å²) in [7, 11) is 0. The van der Waals surface area contributed by atoms with Gasteiger partial charge in [0.25, 0.3) is 0 Å². The van der Waals surface area contributed by atoms with Crippen LogP contribution in [0, 0.1) is 0 Å². The van der Waals surface area contributed by atoms with E-state index in [1.807, 2.05) is 48.5 Å². The SMILES string of the molecule is CC(=O)CC(C)=O.[Zn].c1ccc(-c2ccc(-c3ccccn3)[n-]2)nc1. The van der Waals surface area contributed by atoms with Gasteiger partial charge >= 0.3 is 0 Å². The molecule has 0 bridgehead atoms. The van der Waals surface area contributed by atoms with E-state index in [1.165, 1.54) is 13.8 Å². The van der Waals surface area contributed by atoms with E-state index in [4.69, 9.17) is 0 Å². The standard InChI is InChI=1S/C14H10N3.C5H8O2.Zn/c1-3-9-15-11(5-1)13-7-8-14(17-13)12-6-2-4-10-16-12;1-4(6)3-5(2)7;/h1-10H;3H2,1-2H3;/q-1;;. The quantitative estimate of drug-likeness (QED) is 0.509. The van der Waals surface area contributed by atoms with Crippen LogP contribution in [-0.4, -0.2) is 21.5 Å². The Balaban J connectivity index is 0.000000339. The van der Waals surface area contributed by atoms with Crippen LogP contribution in [0.5, 0.6) is 0 Å². The van der Waals surface area contributed by atoms with Gasteiger partial charge in [0.05, 0.1) is 6.42 Å². The Morgan fingerprint density at radius 2 is 1.24 bits per heavy atom. The number of hydrogen-bond acceptors (Lipinski definition) is 4. The fraction of sp³-hybridized carbons (Fsp3) is 0.158. The van der Waals surface area contributed by atoms with Crippen LogP contribution in [-0.2, 0) is 29.1 Å². The first kappa shape index (κ1) is 20.6. The van der Waals surface area contributed by atoms with Crippen LogP contribution < -0.4 is 4.98 Å². The number of carbonyl (C=O) groups excluding carboxylic acids is 2. The number of rotatable bonds is 4. The molecule has 0 unspecified atom stereocenters. The largest absolute Gasteiger partial charge is 0.654 e. The van der Waals surface area contributed by atoms with Crippen LogP contribution in [0.1, 0.15) is 20.3 Å². The number of carbonyl (C=O) groups is 2.